The first-order valence-corrected chi connectivity index (χ1v) is 7.48. The monoisotopic (exact) mass is 374 g/mol. The number of benzene rings is 1. The summed E-state index contributed by atoms with van der Waals surface area (Å²) in [5.41, 5.74) is 0.201. The lowest BCUT2D eigenvalue weighted by molar-refractivity contribution is -0.122. The van der Waals surface area contributed by atoms with Crippen LogP contribution in [0.2, 0.25) is 0 Å². The number of aryl methyl sites for hydroxylation is 1. The van der Waals surface area contributed by atoms with Crippen LogP contribution in [0.5, 0.6) is 0 Å². The van der Waals surface area contributed by atoms with Crippen molar-refractivity contribution in [1.82, 2.24) is 5.32 Å². The fraction of sp³-hybridized carbons (Fsp3) is 0.0625. The number of carbonyl (C=O) groups excluding carboxylic acids is 3. The summed E-state index contributed by atoms with van der Waals surface area (Å²) in [4.78, 5) is 37.5. The Kier molecular flexibility index (Phi) is 3.87. The lowest BCUT2D eigenvalue weighted by atomic mass is 10.1. The number of imide groups is 2. The number of nitrogens with one attached hydrogen (secondary N) is 1. The molecule has 6 nitrogen and oxygen atoms in total. The standard InChI is InChI=1S/C16H11BrN2O4/c1-9-2-7-12(23-9)8-13-14(20)18-16(22)19(15(13)21)11-5-3-10(17)4-6-11/h2-8H,1H3,(H,18,20,22)/b13-8-. The molecule has 2 heterocycles. The molecule has 0 aliphatic carbocycles. The van der Waals surface area contributed by atoms with Crippen LogP contribution in [0.3, 0.4) is 0 Å². The van der Waals surface area contributed by atoms with Crippen molar-refractivity contribution in [1.29, 1.82) is 0 Å². The molecule has 0 unspecified atom stereocenters. The number of hydrogen-bond donors (Lipinski definition) is 1. The second-order valence-corrected chi connectivity index (χ2v) is 5.80. The molecule has 4 amide bonds. The molecule has 0 saturated carbocycles. The fourth-order valence-corrected chi connectivity index (χ4v) is 2.42. The maximum absolute atomic E-state index is 12.6. The molecule has 1 fully saturated rings. The number of furan rings is 1. The van der Waals surface area contributed by atoms with E-state index in [9.17, 15) is 14.4 Å². The SMILES string of the molecule is Cc1ccc(/C=C2/C(=O)NC(=O)N(c3ccc(Br)cc3)C2=O)o1. The van der Waals surface area contributed by atoms with Gasteiger partial charge in [0, 0.05) is 4.47 Å². The molecule has 2 aromatic rings. The van der Waals surface area contributed by atoms with Gasteiger partial charge in [0.1, 0.15) is 17.1 Å². The first-order valence-electron chi connectivity index (χ1n) is 6.69. The third-order valence-corrected chi connectivity index (χ3v) is 3.76. The average Bonchev–Trinajstić information content (AvgIpc) is 2.91. The van der Waals surface area contributed by atoms with E-state index in [2.05, 4.69) is 21.2 Å². The number of amides is 4. The Morgan fingerprint density at radius 1 is 1.09 bits per heavy atom. The van der Waals surface area contributed by atoms with Crippen molar-refractivity contribution in [2.24, 2.45) is 0 Å². The summed E-state index contributed by atoms with van der Waals surface area (Å²) in [6.07, 6.45) is 1.32. The molecule has 1 saturated heterocycles. The second kappa shape index (κ2) is 5.85. The van der Waals surface area contributed by atoms with Crippen LogP contribution in [0.15, 0.2) is 50.9 Å². The number of nitrogens with zero attached hydrogens (tertiary/aromatic N) is 1. The van der Waals surface area contributed by atoms with E-state index in [0.717, 1.165) is 9.37 Å². The summed E-state index contributed by atoms with van der Waals surface area (Å²) < 4.78 is 6.16. The third-order valence-electron chi connectivity index (χ3n) is 3.23. The number of urea groups is 1. The molecule has 7 heteroatoms. The van der Waals surface area contributed by atoms with Gasteiger partial charge in [-0.1, -0.05) is 15.9 Å². The molecule has 1 aromatic carbocycles. The summed E-state index contributed by atoms with van der Waals surface area (Å²) in [7, 11) is 0. The second-order valence-electron chi connectivity index (χ2n) is 4.88. The molecule has 1 aliphatic heterocycles. The van der Waals surface area contributed by atoms with Crippen LogP contribution in [0.4, 0.5) is 10.5 Å². The Morgan fingerprint density at radius 2 is 1.78 bits per heavy atom. The van der Waals surface area contributed by atoms with Gasteiger partial charge in [0.2, 0.25) is 0 Å². The first-order chi connectivity index (χ1) is 11.0. The quantitative estimate of drug-likeness (QED) is 0.647. The van der Waals surface area contributed by atoms with Gasteiger partial charge in [-0.2, -0.15) is 0 Å². The van der Waals surface area contributed by atoms with Crippen LogP contribution in [0.25, 0.3) is 6.08 Å². The van der Waals surface area contributed by atoms with Gasteiger partial charge in [0.25, 0.3) is 11.8 Å². The predicted molar refractivity (Wildman–Crippen MR) is 86.6 cm³/mol. The van der Waals surface area contributed by atoms with E-state index in [1.54, 1.807) is 43.3 Å². The minimum atomic E-state index is -0.782. The van der Waals surface area contributed by atoms with Crippen LogP contribution in [0.1, 0.15) is 11.5 Å². The summed E-state index contributed by atoms with van der Waals surface area (Å²) in [5.74, 6) is -0.426. The van der Waals surface area contributed by atoms with Crippen molar-refractivity contribution < 1.29 is 18.8 Å². The Balaban J connectivity index is 2.00. The van der Waals surface area contributed by atoms with Crippen LogP contribution < -0.4 is 10.2 Å². The minimum Gasteiger partial charge on any atom is -0.462 e. The fourth-order valence-electron chi connectivity index (χ4n) is 2.16. The van der Waals surface area contributed by atoms with Crippen LogP contribution in [-0.4, -0.2) is 17.8 Å². The van der Waals surface area contributed by atoms with Gasteiger partial charge in [-0.25, -0.2) is 9.69 Å². The maximum atomic E-state index is 12.6. The van der Waals surface area contributed by atoms with E-state index in [1.165, 1.54) is 6.08 Å². The van der Waals surface area contributed by atoms with Crippen LogP contribution in [-0.2, 0) is 9.59 Å². The van der Waals surface area contributed by atoms with E-state index < -0.39 is 17.8 Å². The van der Waals surface area contributed by atoms with Crippen LogP contribution in [0, 0.1) is 6.92 Å². The number of hydrogen-bond acceptors (Lipinski definition) is 4. The molecule has 1 N–H and O–H groups in total. The smallest absolute Gasteiger partial charge is 0.335 e. The lowest BCUT2D eigenvalue weighted by Crippen LogP contribution is -2.54. The molecule has 0 atom stereocenters. The minimum absolute atomic E-state index is 0.165. The van der Waals surface area contributed by atoms with Crippen molar-refractivity contribution in [3.63, 3.8) is 0 Å². The zero-order valence-electron chi connectivity index (χ0n) is 12.0. The van der Waals surface area contributed by atoms with Crippen LogP contribution >= 0.6 is 15.9 Å². The molecule has 0 radical (unpaired) electrons. The van der Waals surface area contributed by atoms with Gasteiger partial charge < -0.3 is 4.42 Å². The Bertz CT molecular complexity index is 836. The van der Waals surface area contributed by atoms with Gasteiger partial charge in [-0.3, -0.25) is 14.9 Å². The van der Waals surface area contributed by atoms with Crippen molar-refractivity contribution in [3.8, 4) is 0 Å². The maximum Gasteiger partial charge on any atom is 0.335 e. The first kappa shape index (κ1) is 15.2. The molecule has 1 aromatic heterocycles. The highest BCUT2D eigenvalue weighted by molar-refractivity contribution is 9.10. The number of rotatable bonds is 2. The summed E-state index contributed by atoms with van der Waals surface area (Å²) in [6.45, 7) is 1.75. The van der Waals surface area contributed by atoms with Crippen molar-refractivity contribution >= 4 is 45.5 Å². The summed E-state index contributed by atoms with van der Waals surface area (Å²) in [6, 6.07) is 9.18. The third kappa shape index (κ3) is 2.95. The van der Waals surface area contributed by atoms with E-state index in [-0.39, 0.29) is 5.57 Å². The van der Waals surface area contributed by atoms with Crippen molar-refractivity contribution in [3.05, 3.63) is 58.0 Å². The highest BCUT2D eigenvalue weighted by Gasteiger charge is 2.36. The molecular formula is C16H11BrN2O4. The van der Waals surface area contributed by atoms with Gasteiger partial charge in [0.15, 0.2) is 0 Å². The van der Waals surface area contributed by atoms with Crippen molar-refractivity contribution in [2.75, 3.05) is 4.90 Å². The molecule has 0 spiro atoms. The van der Waals surface area contributed by atoms with Gasteiger partial charge in [-0.05, 0) is 49.4 Å². The number of anilines is 1. The molecule has 23 heavy (non-hydrogen) atoms. The predicted octanol–water partition coefficient (Wildman–Crippen LogP) is 3.02. The van der Waals surface area contributed by atoms with Gasteiger partial charge >= 0.3 is 6.03 Å². The van der Waals surface area contributed by atoms with E-state index in [1.807, 2.05) is 0 Å². The van der Waals surface area contributed by atoms with Crippen molar-refractivity contribution in [2.45, 2.75) is 6.92 Å². The summed E-state index contributed by atoms with van der Waals surface area (Å²) >= 11 is 3.29. The largest absolute Gasteiger partial charge is 0.462 e. The average molecular weight is 375 g/mol. The highest BCUT2D eigenvalue weighted by atomic mass is 79.9. The topological polar surface area (TPSA) is 79.6 Å². The number of halogens is 1. The molecular weight excluding hydrogens is 364 g/mol. The molecule has 1 aliphatic rings. The number of barbiturate groups is 1. The van der Waals surface area contributed by atoms with Gasteiger partial charge in [0.05, 0.1) is 5.69 Å². The molecule has 3 rings (SSSR count). The van der Waals surface area contributed by atoms with E-state index in [0.29, 0.717) is 17.2 Å². The highest BCUT2D eigenvalue weighted by Crippen LogP contribution is 2.24. The van der Waals surface area contributed by atoms with E-state index >= 15 is 0 Å². The lowest BCUT2D eigenvalue weighted by Gasteiger charge is -2.26. The molecule has 116 valence electrons. The van der Waals surface area contributed by atoms with Gasteiger partial charge in [-0.15, -0.1) is 0 Å². The number of carbonyl (C=O) groups is 3. The Morgan fingerprint density at radius 3 is 2.39 bits per heavy atom. The zero-order valence-corrected chi connectivity index (χ0v) is 13.6. The molecule has 0 bridgehead atoms. The Labute approximate surface area is 139 Å². The normalized spacial score (nSPS) is 16.9. The van der Waals surface area contributed by atoms with E-state index in [4.69, 9.17) is 4.42 Å². The Hall–Kier alpha value is -2.67. The summed E-state index contributed by atoms with van der Waals surface area (Å²) in [5, 5.41) is 2.16. The zero-order chi connectivity index (χ0) is 16.6.